The number of carbonyl (C=O) groups is 1. The van der Waals surface area contributed by atoms with Gasteiger partial charge in [-0.15, -0.1) is 0 Å². The maximum Gasteiger partial charge on any atom is 0.270 e. The molecule has 11 heteroatoms. The number of halogens is 3. The number of ether oxygens (including phenoxy) is 2. The number of nitrogens with zero attached hydrogens (tertiary/aromatic N) is 3. The van der Waals surface area contributed by atoms with E-state index in [0.717, 1.165) is 6.20 Å². The van der Waals surface area contributed by atoms with Crippen LogP contribution in [0.25, 0.3) is 6.08 Å². The minimum absolute atomic E-state index is 0.154. The fraction of sp³-hybridized carbons (Fsp3) is 0.0476. The molecule has 0 unspecified atom stereocenters. The third-order valence-electron chi connectivity index (χ3n) is 4.23. The molecule has 4 rings (SSSR count). The topological polar surface area (TPSA) is 64.5 Å². The van der Waals surface area contributed by atoms with Crippen LogP contribution in [-0.4, -0.2) is 27.3 Å². The molecule has 1 fully saturated rings. The fourth-order valence-electron chi connectivity index (χ4n) is 2.82. The van der Waals surface area contributed by atoms with Gasteiger partial charge in [0.15, 0.2) is 15.8 Å². The first-order chi connectivity index (χ1) is 15.4. The van der Waals surface area contributed by atoms with Crippen molar-refractivity contribution in [1.29, 1.82) is 0 Å². The van der Waals surface area contributed by atoms with Gasteiger partial charge in [0, 0.05) is 5.02 Å². The molecule has 6 nitrogen and oxygen atoms in total. The van der Waals surface area contributed by atoms with Crippen LogP contribution in [0.3, 0.4) is 0 Å². The van der Waals surface area contributed by atoms with Gasteiger partial charge in [-0.05, 0) is 53.6 Å². The lowest BCUT2D eigenvalue weighted by Crippen LogP contribution is -2.27. The molecule has 2 heterocycles. The lowest BCUT2D eigenvalue weighted by molar-refractivity contribution is -0.113. The Labute approximate surface area is 202 Å². The minimum atomic E-state index is -0.773. The lowest BCUT2D eigenvalue weighted by Gasteiger charge is -2.14. The summed E-state index contributed by atoms with van der Waals surface area (Å²) >= 11 is 18.3. The molecule has 0 bridgehead atoms. The molecule has 32 heavy (non-hydrogen) atoms. The van der Waals surface area contributed by atoms with Crippen molar-refractivity contribution in [3.63, 3.8) is 0 Å². The number of benzene rings is 2. The highest BCUT2D eigenvalue weighted by Gasteiger charge is 2.33. The fourth-order valence-corrected chi connectivity index (χ4v) is 4.43. The molecule has 0 aliphatic carbocycles. The second kappa shape index (κ2) is 9.41. The van der Waals surface area contributed by atoms with E-state index in [9.17, 15) is 9.18 Å². The largest absolute Gasteiger partial charge is 0.493 e. The average molecular weight is 508 g/mol. The molecular weight excluding hydrogens is 496 g/mol. The van der Waals surface area contributed by atoms with Gasteiger partial charge in [-0.1, -0.05) is 47.7 Å². The van der Waals surface area contributed by atoms with E-state index < -0.39 is 5.82 Å². The smallest absolute Gasteiger partial charge is 0.270 e. The van der Waals surface area contributed by atoms with Crippen LogP contribution in [0, 0.1) is 5.82 Å². The number of carbonyl (C=O) groups excluding carboxylic acids is 1. The Morgan fingerprint density at radius 3 is 2.75 bits per heavy atom. The van der Waals surface area contributed by atoms with Crippen molar-refractivity contribution in [2.75, 3.05) is 12.0 Å². The Bertz CT molecular complexity index is 1270. The van der Waals surface area contributed by atoms with Crippen LogP contribution >= 0.6 is 47.2 Å². The molecule has 0 radical (unpaired) electrons. The highest BCUT2D eigenvalue weighted by atomic mass is 35.5. The Kier molecular flexibility index (Phi) is 6.61. The number of hydrogen-bond donors (Lipinski definition) is 0. The first-order valence-electron chi connectivity index (χ1n) is 8.93. The van der Waals surface area contributed by atoms with Gasteiger partial charge in [0.2, 0.25) is 11.1 Å². The summed E-state index contributed by atoms with van der Waals surface area (Å²) in [6.07, 6.45) is 2.59. The molecule has 0 atom stereocenters. The zero-order valence-corrected chi connectivity index (χ0v) is 19.4. The SMILES string of the molecule is COc1cc(/C=C2/SC(=S)N(c3cccc(Cl)c3)C2=O)ccc1Oc1nc(Cl)ncc1F. The Balaban J connectivity index is 1.61. The van der Waals surface area contributed by atoms with Gasteiger partial charge in [0.1, 0.15) is 0 Å². The van der Waals surface area contributed by atoms with Gasteiger partial charge in [0.05, 0.1) is 23.9 Å². The second-order valence-electron chi connectivity index (χ2n) is 6.30. The maximum absolute atomic E-state index is 13.9. The van der Waals surface area contributed by atoms with E-state index in [1.807, 2.05) is 0 Å². The van der Waals surface area contributed by atoms with E-state index in [1.54, 1.807) is 48.5 Å². The van der Waals surface area contributed by atoms with E-state index in [2.05, 4.69) is 9.97 Å². The van der Waals surface area contributed by atoms with Crippen molar-refractivity contribution in [3.8, 4) is 17.4 Å². The van der Waals surface area contributed by atoms with Crippen LogP contribution in [-0.2, 0) is 4.79 Å². The van der Waals surface area contributed by atoms with Crippen LogP contribution in [0.15, 0.2) is 53.6 Å². The summed E-state index contributed by atoms with van der Waals surface area (Å²) < 4.78 is 25.1. The van der Waals surface area contributed by atoms with Crippen LogP contribution in [0.1, 0.15) is 5.56 Å². The van der Waals surface area contributed by atoms with Gasteiger partial charge >= 0.3 is 0 Å². The lowest BCUT2D eigenvalue weighted by atomic mass is 10.2. The van der Waals surface area contributed by atoms with Crippen LogP contribution in [0.4, 0.5) is 10.1 Å². The summed E-state index contributed by atoms with van der Waals surface area (Å²) in [7, 11) is 1.44. The van der Waals surface area contributed by atoms with Gasteiger partial charge in [-0.2, -0.15) is 9.37 Å². The van der Waals surface area contributed by atoms with Crippen LogP contribution < -0.4 is 14.4 Å². The minimum Gasteiger partial charge on any atom is -0.493 e. The first kappa shape index (κ1) is 22.5. The average Bonchev–Trinajstić information content (AvgIpc) is 3.04. The van der Waals surface area contributed by atoms with Crippen molar-refractivity contribution < 1.29 is 18.7 Å². The summed E-state index contributed by atoms with van der Waals surface area (Å²) in [5.74, 6) is -0.856. The van der Waals surface area contributed by atoms with E-state index in [1.165, 1.54) is 23.8 Å². The summed E-state index contributed by atoms with van der Waals surface area (Å²) in [6, 6.07) is 11.8. The molecule has 1 amide bonds. The molecular formula is C21H12Cl2FN3O3S2. The number of hydrogen-bond acceptors (Lipinski definition) is 7. The Morgan fingerprint density at radius 1 is 1.19 bits per heavy atom. The molecule has 0 saturated carbocycles. The molecule has 1 aliphatic rings. The second-order valence-corrected chi connectivity index (χ2v) is 8.75. The van der Waals surface area contributed by atoms with E-state index in [4.69, 9.17) is 44.9 Å². The number of thioether (sulfide) groups is 1. The van der Waals surface area contributed by atoms with Crippen molar-refractivity contribution >= 4 is 69.2 Å². The van der Waals surface area contributed by atoms with Crippen molar-refractivity contribution in [3.05, 3.63) is 75.3 Å². The van der Waals surface area contributed by atoms with E-state index >= 15 is 0 Å². The number of anilines is 1. The van der Waals surface area contributed by atoms with Gasteiger partial charge in [-0.3, -0.25) is 9.69 Å². The van der Waals surface area contributed by atoms with E-state index in [-0.39, 0.29) is 22.8 Å². The third kappa shape index (κ3) is 4.71. The monoisotopic (exact) mass is 507 g/mol. The molecule has 1 aromatic heterocycles. The highest BCUT2D eigenvalue weighted by Crippen LogP contribution is 2.38. The van der Waals surface area contributed by atoms with Crippen LogP contribution in [0.5, 0.6) is 17.4 Å². The standard InChI is InChI=1S/C21H12Cl2FN3O3S2/c1-29-16-7-11(5-6-15(16)30-18-14(24)10-25-20(23)26-18)8-17-19(28)27(21(31)32-17)13-4-2-3-12(22)9-13/h2-10H,1H3/b17-8+. The molecule has 0 N–H and O–H groups in total. The number of thiocarbonyl (C=S) groups is 1. The predicted octanol–water partition coefficient (Wildman–Crippen LogP) is 6.13. The van der Waals surface area contributed by atoms with Crippen molar-refractivity contribution in [2.24, 2.45) is 0 Å². The zero-order valence-electron chi connectivity index (χ0n) is 16.2. The van der Waals surface area contributed by atoms with Crippen LogP contribution in [0.2, 0.25) is 10.3 Å². The maximum atomic E-state index is 13.9. The highest BCUT2D eigenvalue weighted by molar-refractivity contribution is 8.27. The molecule has 1 aliphatic heterocycles. The summed E-state index contributed by atoms with van der Waals surface area (Å²) in [5, 5.41) is 0.348. The van der Waals surface area contributed by atoms with E-state index in [0.29, 0.717) is 31.2 Å². The normalized spacial score (nSPS) is 14.9. The predicted molar refractivity (Wildman–Crippen MR) is 127 cm³/mol. The molecule has 2 aromatic carbocycles. The van der Waals surface area contributed by atoms with Crippen molar-refractivity contribution in [2.45, 2.75) is 0 Å². The molecule has 3 aromatic rings. The number of aromatic nitrogens is 2. The van der Waals surface area contributed by atoms with Gasteiger partial charge in [-0.25, -0.2) is 4.98 Å². The van der Waals surface area contributed by atoms with Gasteiger partial charge < -0.3 is 9.47 Å². The van der Waals surface area contributed by atoms with Gasteiger partial charge in [0.25, 0.3) is 11.8 Å². The number of methoxy groups -OCH3 is 1. The first-order valence-corrected chi connectivity index (χ1v) is 10.9. The Hall–Kier alpha value is -2.72. The molecule has 162 valence electrons. The molecule has 0 spiro atoms. The zero-order chi connectivity index (χ0) is 22.8. The Morgan fingerprint density at radius 2 is 2.00 bits per heavy atom. The molecule has 1 saturated heterocycles. The summed E-state index contributed by atoms with van der Waals surface area (Å²) in [4.78, 5) is 22.1. The summed E-state index contributed by atoms with van der Waals surface area (Å²) in [6.45, 7) is 0. The number of amides is 1. The quantitative estimate of drug-likeness (QED) is 0.233. The third-order valence-corrected chi connectivity index (χ3v) is 5.95. The van der Waals surface area contributed by atoms with Crippen molar-refractivity contribution in [1.82, 2.24) is 9.97 Å². The number of rotatable bonds is 5. The summed E-state index contributed by atoms with van der Waals surface area (Å²) in [5.41, 5.74) is 1.25.